The molecule has 2 heterocycles. The standard InChI is InChI=1S/C20H13Cl2N3O2S/c1-2-10-27-13-8-6-12(7-9-13)18-23-20-25(24-18)19(26)17(28-20)11-14-15(21)4-3-5-16(14)22/h2-9,11H,1,10H2/b17-11+. The highest BCUT2D eigenvalue weighted by molar-refractivity contribution is 7.15. The lowest BCUT2D eigenvalue weighted by Gasteiger charge is -2.02. The second-order valence-electron chi connectivity index (χ2n) is 5.80. The summed E-state index contributed by atoms with van der Waals surface area (Å²) in [5.41, 5.74) is 1.13. The van der Waals surface area contributed by atoms with Gasteiger partial charge >= 0.3 is 0 Å². The quantitative estimate of drug-likeness (QED) is 0.445. The average molecular weight is 430 g/mol. The summed E-state index contributed by atoms with van der Waals surface area (Å²) in [6, 6.07) is 12.5. The summed E-state index contributed by atoms with van der Waals surface area (Å²) < 4.78 is 7.22. The SMILES string of the molecule is C=CCOc1ccc(-c2nc3s/c(=C/c4c(Cl)cccc4Cl)c(=O)n3n2)cc1. The van der Waals surface area contributed by atoms with Crippen molar-refractivity contribution in [1.29, 1.82) is 0 Å². The third-order valence-corrected chi connectivity index (χ3v) is 5.56. The van der Waals surface area contributed by atoms with Crippen LogP contribution in [0, 0.1) is 0 Å². The van der Waals surface area contributed by atoms with Crippen molar-refractivity contribution in [2.45, 2.75) is 0 Å². The van der Waals surface area contributed by atoms with E-state index in [1.165, 1.54) is 15.9 Å². The molecule has 0 unspecified atom stereocenters. The number of fused-ring (bicyclic) bond motifs is 1. The Morgan fingerprint density at radius 3 is 2.50 bits per heavy atom. The van der Waals surface area contributed by atoms with E-state index in [4.69, 9.17) is 27.9 Å². The number of nitrogens with zero attached hydrogens (tertiary/aromatic N) is 3. The zero-order valence-corrected chi connectivity index (χ0v) is 16.8. The van der Waals surface area contributed by atoms with E-state index in [2.05, 4.69) is 16.7 Å². The van der Waals surface area contributed by atoms with Crippen LogP contribution in [0.3, 0.4) is 0 Å². The van der Waals surface area contributed by atoms with Crippen molar-refractivity contribution >= 4 is 45.6 Å². The minimum atomic E-state index is -0.263. The van der Waals surface area contributed by atoms with Gasteiger partial charge in [-0.15, -0.1) is 5.10 Å². The van der Waals surface area contributed by atoms with Gasteiger partial charge in [0.05, 0.1) is 4.53 Å². The molecule has 0 aliphatic carbocycles. The molecule has 0 bridgehead atoms. The van der Waals surface area contributed by atoms with E-state index in [0.29, 0.717) is 37.5 Å². The summed E-state index contributed by atoms with van der Waals surface area (Å²) in [6.07, 6.45) is 3.35. The van der Waals surface area contributed by atoms with E-state index in [1.54, 1.807) is 30.4 Å². The van der Waals surface area contributed by atoms with Crippen molar-refractivity contribution in [2.24, 2.45) is 0 Å². The van der Waals surface area contributed by atoms with E-state index in [1.807, 2.05) is 24.3 Å². The number of halogens is 2. The Kier molecular flexibility index (Phi) is 5.17. The Morgan fingerprint density at radius 2 is 1.86 bits per heavy atom. The lowest BCUT2D eigenvalue weighted by molar-refractivity contribution is 0.363. The van der Waals surface area contributed by atoms with Gasteiger partial charge < -0.3 is 4.74 Å². The van der Waals surface area contributed by atoms with E-state index >= 15 is 0 Å². The molecule has 0 saturated carbocycles. The number of aromatic nitrogens is 3. The van der Waals surface area contributed by atoms with Gasteiger partial charge in [-0.3, -0.25) is 4.79 Å². The van der Waals surface area contributed by atoms with Crippen molar-refractivity contribution < 1.29 is 4.74 Å². The molecule has 2 aromatic carbocycles. The van der Waals surface area contributed by atoms with Crippen molar-refractivity contribution in [1.82, 2.24) is 14.6 Å². The zero-order valence-electron chi connectivity index (χ0n) is 14.4. The van der Waals surface area contributed by atoms with Gasteiger partial charge in [-0.05, 0) is 42.5 Å². The third-order valence-electron chi connectivity index (χ3n) is 3.94. The fourth-order valence-electron chi connectivity index (χ4n) is 2.59. The molecule has 0 aliphatic rings. The fourth-order valence-corrected chi connectivity index (χ4v) is 3.99. The summed E-state index contributed by atoms with van der Waals surface area (Å²) in [6.45, 7) is 4.05. The molecule has 0 saturated heterocycles. The molecule has 0 spiro atoms. The highest BCUT2D eigenvalue weighted by atomic mass is 35.5. The van der Waals surface area contributed by atoms with Gasteiger partial charge in [0.15, 0.2) is 5.82 Å². The summed E-state index contributed by atoms with van der Waals surface area (Å²) in [5, 5.41) is 5.30. The number of thiazole rings is 1. The Balaban J connectivity index is 1.71. The number of ether oxygens (including phenoxy) is 1. The minimum absolute atomic E-state index is 0.263. The smallest absolute Gasteiger partial charge is 0.291 e. The highest BCUT2D eigenvalue weighted by Crippen LogP contribution is 2.25. The molecule has 8 heteroatoms. The topological polar surface area (TPSA) is 56.5 Å². The molecule has 28 heavy (non-hydrogen) atoms. The molecule has 2 aromatic heterocycles. The summed E-state index contributed by atoms with van der Waals surface area (Å²) in [5.74, 6) is 1.20. The maximum atomic E-state index is 12.7. The van der Waals surface area contributed by atoms with Gasteiger partial charge in [0.1, 0.15) is 12.4 Å². The van der Waals surface area contributed by atoms with Gasteiger partial charge in [-0.1, -0.05) is 53.3 Å². The first-order chi connectivity index (χ1) is 13.6. The first-order valence-electron chi connectivity index (χ1n) is 8.26. The molecule has 0 N–H and O–H groups in total. The van der Waals surface area contributed by atoms with Crippen molar-refractivity contribution in [3.63, 3.8) is 0 Å². The maximum Gasteiger partial charge on any atom is 0.291 e. The van der Waals surface area contributed by atoms with Gasteiger partial charge in [-0.25, -0.2) is 0 Å². The zero-order chi connectivity index (χ0) is 19.7. The van der Waals surface area contributed by atoms with Crippen LogP contribution in [0.15, 0.2) is 59.9 Å². The second-order valence-corrected chi connectivity index (χ2v) is 7.63. The highest BCUT2D eigenvalue weighted by Gasteiger charge is 2.13. The Bertz CT molecular complexity index is 1260. The molecular formula is C20H13Cl2N3O2S. The van der Waals surface area contributed by atoms with Crippen LogP contribution in [-0.4, -0.2) is 21.2 Å². The van der Waals surface area contributed by atoms with Gasteiger partial charge in [0.25, 0.3) is 5.56 Å². The van der Waals surface area contributed by atoms with Gasteiger partial charge in [-0.2, -0.15) is 9.50 Å². The number of hydrogen-bond donors (Lipinski definition) is 0. The molecule has 140 valence electrons. The molecule has 0 atom stereocenters. The normalized spacial score (nSPS) is 11.9. The average Bonchev–Trinajstić information content (AvgIpc) is 3.23. The Labute approximate surface area is 174 Å². The Hall–Kier alpha value is -2.67. The maximum absolute atomic E-state index is 12.7. The van der Waals surface area contributed by atoms with Crippen molar-refractivity contribution in [3.8, 4) is 17.1 Å². The molecule has 0 amide bonds. The molecule has 0 fully saturated rings. The van der Waals surface area contributed by atoms with Crippen LogP contribution in [-0.2, 0) is 0 Å². The van der Waals surface area contributed by atoms with E-state index in [-0.39, 0.29) is 5.56 Å². The number of rotatable bonds is 5. The van der Waals surface area contributed by atoms with Crippen LogP contribution in [0.5, 0.6) is 5.75 Å². The van der Waals surface area contributed by atoms with E-state index in [9.17, 15) is 4.79 Å². The second kappa shape index (κ2) is 7.75. The minimum Gasteiger partial charge on any atom is -0.490 e. The van der Waals surface area contributed by atoms with Crippen molar-refractivity contribution in [2.75, 3.05) is 6.61 Å². The first-order valence-corrected chi connectivity index (χ1v) is 9.83. The van der Waals surface area contributed by atoms with Crippen LogP contribution in [0.2, 0.25) is 10.0 Å². The first kappa shape index (κ1) is 18.7. The summed E-state index contributed by atoms with van der Waals surface area (Å²) >= 11 is 13.6. The molecule has 0 radical (unpaired) electrons. The fraction of sp³-hybridized carbons (Fsp3) is 0.0500. The van der Waals surface area contributed by atoms with E-state index < -0.39 is 0 Å². The number of hydrogen-bond acceptors (Lipinski definition) is 5. The van der Waals surface area contributed by atoms with Gasteiger partial charge in [0, 0.05) is 21.2 Å². The molecular weight excluding hydrogens is 417 g/mol. The lowest BCUT2D eigenvalue weighted by Crippen LogP contribution is -2.23. The predicted octanol–water partition coefficient (Wildman–Crippen LogP) is 4.24. The summed E-state index contributed by atoms with van der Waals surface area (Å²) in [4.78, 5) is 17.7. The monoisotopic (exact) mass is 429 g/mol. The molecule has 5 nitrogen and oxygen atoms in total. The van der Waals surface area contributed by atoms with Crippen LogP contribution >= 0.6 is 34.5 Å². The summed E-state index contributed by atoms with van der Waals surface area (Å²) in [7, 11) is 0. The largest absolute Gasteiger partial charge is 0.490 e. The van der Waals surface area contributed by atoms with Crippen LogP contribution in [0.25, 0.3) is 22.4 Å². The Morgan fingerprint density at radius 1 is 1.14 bits per heavy atom. The van der Waals surface area contributed by atoms with Gasteiger partial charge in [0.2, 0.25) is 4.96 Å². The lowest BCUT2D eigenvalue weighted by atomic mass is 10.2. The van der Waals surface area contributed by atoms with Crippen molar-refractivity contribution in [3.05, 3.63) is 85.6 Å². The number of benzene rings is 2. The van der Waals surface area contributed by atoms with Crippen LogP contribution in [0.4, 0.5) is 0 Å². The van der Waals surface area contributed by atoms with Crippen LogP contribution in [0.1, 0.15) is 5.56 Å². The molecule has 4 aromatic rings. The van der Waals surface area contributed by atoms with E-state index in [0.717, 1.165) is 11.3 Å². The molecule has 0 aliphatic heterocycles. The van der Waals surface area contributed by atoms with Crippen LogP contribution < -0.4 is 14.8 Å². The molecule has 4 rings (SSSR count). The predicted molar refractivity (Wildman–Crippen MR) is 114 cm³/mol. The third kappa shape index (κ3) is 3.54.